The van der Waals surface area contributed by atoms with Gasteiger partial charge in [-0.15, -0.1) is 11.3 Å². The zero-order valence-electron chi connectivity index (χ0n) is 10.4. The van der Waals surface area contributed by atoms with Crippen molar-refractivity contribution in [3.8, 4) is 0 Å². The van der Waals surface area contributed by atoms with Crippen molar-refractivity contribution in [1.82, 2.24) is 14.8 Å². The van der Waals surface area contributed by atoms with Crippen LogP contribution in [-0.4, -0.2) is 9.38 Å². The molecule has 0 spiro atoms. The van der Waals surface area contributed by atoms with Crippen molar-refractivity contribution >= 4 is 27.9 Å². The van der Waals surface area contributed by atoms with E-state index in [9.17, 15) is 4.39 Å². The van der Waals surface area contributed by atoms with E-state index in [4.69, 9.17) is 17.4 Å². The van der Waals surface area contributed by atoms with Crippen LogP contribution in [0.25, 0.3) is 4.96 Å². The molecule has 0 amide bonds. The lowest BCUT2D eigenvalue weighted by Gasteiger charge is -2.16. The predicted octanol–water partition coefficient (Wildman–Crippen LogP) is 2.94. The molecule has 0 aliphatic rings. The summed E-state index contributed by atoms with van der Waals surface area (Å²) in [6, 6.07) is 4.08. The fourth-order valence-corrected chi connectivity index (χ4v) is 3.14. The second-order valence-corrected chi connectivity index (χ2v) is 5.69. The molecule has 1 atom stereocenters. The van der Waals surface area contributed by atoms with Crippen LogP contribution >= 0.6 is 22.9 Å². The highest BCUT2D eigenvalue weighted by Crippen LogP contribution is 2.26. The fourth-order valence-electron chi connectivity index (χ4n) is 2.13. The van der Waals surface area contributed by atoms with E-state index in [-0.39, 0.29) is 11.9 Å². The van der Waals surface area contributed by atoms with Gasteiger partial charge in [-0.2, -0.15) is 0 Å². The monoisotopic (exact) mass is 310 g/mol. The molecular weight excluding hydrogens is 299 g/mol. The summed E-state index contributed by atoms with van der Waals surface area (Å²) in [5, 5.41) is 2.33. The average Bonchev–Trinajstić information content (AvgIpc) is 2.97. The van der Waals surface area contributed by atoms with Crippen LogP contribution < -0.4 is 11.3 Å². The lowest BCUT2D eigenvalue weighted by atomic mass is 10.0. The van der Waals surface area contributed by atoms with Crippen LogP contribution in [0, 0.1) is 5.82 Å². The third-order valence-corrected chi connectivity index (χ3v) is 4.19. The first-order valence-corrected chi connectivity index (χ1v) is 7.25. The van der Waals surface area contributed by atoms with E-state index in [0.717, 1.165) is 16.2 Å². The Bertz CT molecular complexity index is 710. The Kier molecular flexibility index (Phi) is 3.71. The summed E-state index contributed by atoms with van der Waals surface area (Å²) < 4.78 is 15.0. The van der Waals surface area contributed by atoms with E-state index in [0.29, 0.717) is 11.4 Å². The Hall–Kier alpha value is -1.47. The first-order valence-electron chi connectivity index (χ1n) is 5.99. The summed E-state index contributed by atoms with van der Waals surface area (Å²) in [5.41, 5.74) is 4.37. The van der Waals surface area contributed by atoms with Crippen molar-refractivity contribution in [3.05, 3.63) is 58.1 Å². The Morgan fingerprint density at radius 1 is 1.50 bits per heavy atom. The van der Waals surface area contributed by atoms with Gasteiger partial charge in [0.05, 0.1) is 11.7 Å². The smallest absolute Gasteiger partial charge is 0.193 e. The normalized spacial score (nSPS) is 12.9. The standard InChI is InChI=1S/C13H12ClFN4S/c14-11-5-8(15)1-2-10(11)12(18-16)6-9-7-19-3-4-20-13(19)17-9/h1-5,7,12,18H,6,16H2. The maximum absolute atomic E-state index is 13.1. The van der Waals surface area contributed by atoms with Crippen molar-refractivity contribution in [3.63, 3.8) is 0 Å². The number of rotatable bonds is 4. The zero-order valence-corrected chi connectivity index (χ0v) is 12.0. The lowest BCUT2D eigenvalue weighted by Crippen LogP contribution is -2.30. The van der Waals surface area contributed by atoms with Gasteiger partial charge in [0.15, 0.2) is 4.96 Å². The molecule has 3 aromatic rings. The van der Waals surface area contributed by atoms with Crippen LogP contribution in [0.5, 0.6) is 0 Å². The Labute approximate surface area is 124 Å². The molecular formula is C13H12ClFN4S. The molecule has 20 heavy (non-hydrogen) atoms. The summed E-state index contributed by atoms with van der Waals surface area (Å²) in [6.45, 7) is 0. The van der Waals surface area contributed by atoms with Gasteiger partial charge in [0.1, 0.15) is 5.82 Å². The van der Waals surface area contributed by atoms with Gasteiger partial charge in [0, 0.05) is 29.2 Å². The van der Waals surface area contributed by atoms with E-state index in [1.54, 1.807) is 17.4 Å². The topological polar surface area (TPSA) is 55.3 Å². The third-order valence-electron chi connectivity index (χ3n) is 3.10. The molecule has 7 heteroatoms. The minimum Gasteiger partial charge on any atom is -0.297 e. The number of hydrogen-bond donors (Lipinski definition) is 2. The van der Waals surface area contributed by atoms with Crippen LogP contribution in [-0.2, 0) is 6.42 Å². The SMILES string of the molecule is NNC(Cc1cn2ccsc2n1)c1ccc(F)cc1Cl. The van der Waals surface area contributed by atoms with Crippen molar-refractivity contribution in [2.75, 3.05) is 0 Å². The van der Waals surface area contributed by atoms with Crippen molar-refractivity contribution in [1.29, 1.82) is 0 Å². The summed E-state index contributed by atoms with van der Waals surface area (Å²) >= 11 is 7.64. The van der Waals surface area contributed by atoms with Gasteiger partial charge in [-0.05, 0) is 17.7 Å². The van der Waals surface area contributed by atoms with Gasteiger partial charge in [0.2, 0.25) is 0 Å². The number of benzene rings is 1. The number of nitrogens with zero attached hydrogens (tertiary/aromatic N) is 2. The molecule has 3 N–H and O–H groups in total. The molecule has 1 unspecified atom stereocenters. The van der Waals surface area contributed by atoms with Gasteiger partial charge >= 0.3 is 0 Å². The van der Waals surface area contributed by atoms with E-state index in [1.807, 2.05) is 22.2 Å². The number of fused-ring (bicyclic) bond motifs is 1. The number of hydrogen-bond acceptors (Lipinski definition) is 4. The number of aromatic nitrogens is 2. The molecule has 0 saturated carbocycles. The number of thiazole rings is 1. The van der Waals surface area contributed by atoms with Crippen LogP contribution in [0.15, 0.2) is 36.0 Å². The first-order chi connectivity index (χ1) is 9.67. The van der Waals surface area contributed by atoms with E-state index in [2.05, 4.69) is 10.4 Å². The van der Waals surface area contributed by atoms with E-state index >= 15 is 0 Å². The number of nitrogens with two attached hydrogens (primary N) is 1. The molecule has 0 aliphatic heterocycles. The van der Waals surface area contributed by atoms with Crippen LogP contribution in [0.1, 0.15) is 17.3 Å². The van der Waals surface area contributed by atoms with Crippen LogP contribution in [0.3, 0.4) is 0 Å². The summed E-state index contributed by atoms with van der Waals surface area (Å²) in [5.74, 6) is 5.23. The second-order valence-electron chi connectivity index (χ2n) is 4.41. The average molecular weight is 311 g/mol. The number of halogens is 2. The summed E-state index contributed by atoms with van der Waals surface area (Å²) in [6.07, 6.45) is 4.48. The van der Waals surface area contributed by atoms with Crippen molar-refractivity contribution in [2.45, 2.75) is 12.5 Å². The zero-order chi connectivity index (χ0) is 14.1. The van der Waals surface area contributed by atoms with Gasteiger partial charge in [-0.1, -0.05) is 17.7 Å². The number of nitrogens with one attached hydrogen (secondary N) is 1. The molecule has 0 saturated heterocycles. The maximum atomic E-state index is 13.1. The third kappa shape index (κ3) is 2.55. The van der Waals surface area contributed by atoms with Gasteiger partial charge in [-0.25, -0.2) is 9.37 Å². The van der Waals surface area contributed by atoms with Crippen LogP contribution in [0.2, 0.25) is 5.02 Å². The highest BCUT2D eigenvalue weighted by atomic mass is 35.5. The van der Waals surface area contributed by atoms with Crippen molar-refractivity contribution in [2.24, 2.45) is 5.84 Å². The molecule has 2 aromatic heterocycles. The molecule has 104 valence electrons. The minimum absolute atomic E-state index is 0.215. The largest absolute Gasteiger partial charge is 0.297 e. The molecule has 0 fully saturated rings. The number of hydrazine groups is 1. The van der Waals surface area contributed by atoms with E-state index < -0.39 is 0 Å². The Morgan fingerprint density at radius 2 is 2.35 bits per heavy atom. The van der Waals surface area contributed by atoms with Crippen molar-refractivity contribution < 1.29 is 4.39 Å². The second kappa shape index (κ2) is 5.49. The molecule has 4 nitrogen and oxygen atoms in total. The molecule has 1 aromatic carbocycles. The Morgan fingerprint density at radius 3 is 3.05 bits per heavy atom. The van der Waals surface area contributed by atoms with Gasteiger partial charge in [0.25, 0.3) is 0 Å². The minimum atomic E-state index is -0.364. The molecule has 0 bridgehead atoms. The summed E-state index contributed by atoms with van der Waals surface area (Å²) in [7, 11) is 0. The van der Waals surface area contributed by atoms with Crippen LogP contribution in [0.4, 0.5) is 4.39 Å². The maximum Gasteiger partial charge on any atom is 0.193 e. The highest BCUT2D eigenvalue weighted by Gasteiger charge is 2.16. The quantitative estimate of drug-likeness (QED) is 0.575. The van der Waals surface area contributed by atoms with Gasteiger partial charge in [-0.3, -0.25) is 15.7 Å². The summed E-state index contributed by atoms with van der Waals surface area (Å²) in [4.78, 5) is 5.43. The lowest BCUT2D eigenvalue weighted by molar-refractivity contribution is 0.545. The van der Waals surface area contributed by atoms with Gasteiger partial charge < -0.3 is 0 Å². The fraction of sp³-hybridized carbons (Fsp3) is 0.154. The molecule has 3 rings (SSSR count). The molecule has 2 heterocycles. The predicted molar refractivity (Wildman–Crippen MR) is 78.2 cm³/mol. The Balaban J connectivity index is 1.88. The first kappa shape index (κ1) is 13.5. The highest BCUT2D eigenvalue weighted by molar-refractivity contribution is 7.15. The van der Waals surface area contributed by atoms with E-state index in [1.165, 1.54) is 12.1 Å². The molecule has 0 aliphatic carbocycles. The number of imidazole rings is 1. The molecule has 0 radical (unpaired) electrons.